The number of hydrogen-bond donors (Lipinski definition) is 0. The van der Waals surface area contributed by atoms with Gasteiger partial charge in [-0.15, -0.1) is 0 Å². The van der Waals surface area contributed by atoms with Crippen molar-refractivity contribution in [2.24, 2.45) is 0 Å². The van der Waals surface area contributed by atoms with Crippen LogP contribution in [-0.2, 0) is 6.42 Å². The molecule has 0 heterocycles. The molecular formula is C15H15BrO. The minimum atomic E-state index is 0.343. The van der Waals surface area contributed by atoms with Crippen LogP contribution in [0, 0.1) is 0 Å². The number of alkyl halides is 1. The Morgan fingerprint density at radius 2 is 1.82 bits per heavy atom. The molecule has 2 heteroatoms. The Labute approximate surface area is 111 Å². The van der Waals surface area contributed by atoms with Crippen LogP contribution in [0.2, 0.25) is 0 Å². The zero-order chi connectivity index (χ0) is 12.1. The molecule has 1 nitrogen and oxygen atoms in total. The molecule has 88 valence electrons. The summed E-state index contributed by atoms with van der Waals surface area (Å²) in [5.74, 6) is 0.912. The molecule has 0 bridgehead atoms. The van der Waals surface area contributed by atoms with Gasteiger partial charge < -0.3 is 4.74 Å². The van der Waals surface area contributed by atoms with Crippen LogP contribution >= 0.6 is 15.9 Å². The standard InChI is InChI=1S/C15H15BrO/c1-17-14-9-5-6-12(10-14)11-15(16)13-7-3-2-4-8-13/h2-10,15H,11H2,1H3. The van der Waals surface area contributed by atoms with Gasteiger partial charge >= 0.3 is 0 Å². The van der Waals surface area contributed by atoms with Crippen LogP contribution in [0.4, 0.5) is 0 Å². The molecule has 17 heavy (non-hydrogen) atoms. The summed E-state index contributed by atoms with van der Waals surface area (Å²) >= 11 is 3.73. The number of rotatable bonds is 4. The Bertz CT molecular complexity index is 467. The Morgan fingerprint density at radius 1 is 1.06 bits per heavy atom. The van der Waals surface area contributed by atoms with E-state index in [0.717, 1.165) is 12.2 Å². The largest absolute Gasteiger partial charge is 0.497 e. The molecule has 0 N–H and O–H groups in total. The lowest BCUT2D eigenvalue weighted by Gasteiger charge is -2.11. The van der Waals surface area contributed by atoms with E-state index < -0.39 is 0 Å². The fourth-order valence-electron chi connectivity index (χ4n) is 1.79. The second-order valence-electron chi connectivity index (χ2n) is 3.93. The van der Waals surface area contributed by atoms with Crippen LogP contribution in [0.5, 0.6) is 5.75 Å². The maximum Gasteiger partial charge on any atom is 0.119 e. The van der Waals surface area contributed by atoms with E-state index in [9.17, 15) is 0 Å². The van der Waals surface area contributed by atoms with Crippen molar-refractivity contribution in [3.8, 4) is 5.75 Å². The summed E-state index contributed by atoms with van der Waals surface area (Å²) < 4.78 is 5.23. The fraction of sp³-hybridized carbons (Fsp3) is 0.200. The molecule has 0 saturated carbocycles. The highest BCUT2D eigenvalue weighted by Gasteiger charge is 2.08. The molecule has 0 spiro atoms. The topological polar surface area (TPSA) is 9.23 Å². The molecule has 2 aromatic rings. The van der Waals surface area contributed by atoms with E-state index in [-0.39, 0.29) is 0 Å². The van der Waals surface area contributed by atoms with Crippen molar-refractivity contribution in [1.29, 1.82) is 0 Å². The first-order valence-corrected chi connectivity index (χ1v) is 6.53. The van der Waals surface area contributed by atoms with Gasteiger partial charge in [-0.25, -0.2) is 0 Å². The van der Waals surface area contributed by atoms with Gasteiger partial charge in [0.15, 0.2) is 0 Å². The first-order chi connectivity index (χ1) is 8.29. The molecule has 0 saturated heterocycles. The zero-order valence-corrected chi connectivity index (χ0v) is 11.4. The first kappa shape index (κ1) is 12.2. The van der Waals surface area contributed by atoms with E-state index in [0.29, 0.717) is 4.83 Å². The molecule has 0 amide bonds. The van der Waals surface area contributed by atoms with Crippen molar-refractivity contribution >= 4 is 15.9 Å². The summed E-state index contributed by atoms with van der Waals surface area (Å²) in [5.41, 5.74) is 2.57. The lowest BCUT2D eigenvalue weighted by Crippen LogP contribution is -1.95. The van der Waals surface area contributed by atoms with Gasteiger partial charge in [0.1, 0.15) is 5.75 Å². The van der Waals surface area contributed by atoms with Gasteiger partial charge in [0, 0.05) is 4.83 Å². The summed E-state index contributed by atoms with van der Waals surface area (Å²) in [6.45, 7) is 0. The van der Waals surface area contributed by atoms with Crippen LogP contribution in [0.1, 0.15) is 16.0 Å². The summed E-state index contributed by atoms with van der Waals surface area (Å²) in [4.78, 5) is 0.343. The predicted molar refractivity (Wildman–Crippen MR) is 74.8 cm³/mol. The number of ether oxygens (including phenoxy) is 1. The van der Waals surface area contributed by atoms with Gasteiger partial charge in [-0.1, -0.05) is 58.4 Å². The van der Waals surface area contributed by atoms with E-state index in [1.54, 1.807) is 7.11 Å². The van der Waals surface area contributed by atoms with E-state index >= 15 is 0 Å². The average Bonchev–Trinajstić information content (AvgIpc) is 2.40. The summed E-state index contributed by atoms with van der Waals surface area (Å²) in [6.07, 6.45) is 0.960. The lowest BCUT2D eigenvalue weighted by atomic mass is 10.0. The molecule has 0 aromatic heterocycles. The molecule has 1 atom stereocenters. The summed E-state index contributed by atoms with van der Waals surface area (Å²) in [7, 11) is 1.70. The van der Waals surface area contributed by atoms with Crippen LogP contribution in [0.25, 0.3) is 0 Å². The Morgan fingerprint density at radius 3 is 2.53 bits per heavy atom. The molecule has 0 radical (unpaired) electrons. The van der Waals surface area contributed by atoms with Gasteiger partial charge in [0.25, 0.3) is 0 Å². The second kappa shape index (κ2) is 5.87. The average molecular weight is 291 g/mol. The molecular weight excluding hydrogens is 276 g/mol. The minimum absolute atomic E-state index is 0.343. The van der Waals surface area contributed by atoms with Crippen molar-refractivity contribution in [2.75, 3.05) is 7.11 Å². The smallest absolute Gasteiger partial charge is 0.119 e. The summed E-state index contributed by atoms with van der Waals surface area (Å²) in [6, 6.07) is 18.6. The summed E-state index contributed by atoms with van der Waals surface area (Å²) in [5, 5.41) is 0. The molecule has 2 aromatic carbocycles. The molecule has 0 aliphatic rings. The van der Waals surface area contributed by atoms with Crippen LogP contribution < -0.4 is 4.74 Å². The van der Waals surface area contributed by atoms with Crippen molar-refractivity contribution in [3.63, 3.8) is 0 Å². The molecule has 0 fully saturated rings. The highest BCUT2D eigenvalue weighted by atomic mass is 79.9. The van der Waals surface area contributed by atoms with E-state index in [1.807, 2.05) is 18.2 Å². The molecule has 0 aliphatic heterocycles. The Balaban J connectivity index is 2.10. The van der Waals surface area contributed by atoms with Crippen molar-refractivity contribution in [2.45, 2.75) is 11.2 Å². The van der Waals surface area contributed by atoms with E-state index in [1.165, 1.54) is 11.1 Å². The zero-order valence-electron chi connectivity index (χ0n) is 9.77. The third-order valence-corrected chi connectivity index (χ3v) is 3.56. The predicted octanol–water partition coefficient (Wildman–Crippen LogP) is 4.37. The van der Waals surface area contributed by atoms with E-state index in [2.05, 4.69) is 52.3 Å². The highest BCUT2D eigenvalue weighted by Crippen LogP contribution is 2.27. The van der Waals surface area contributed by atoms with Gasteiger partial charge in [-0.05, 0) is 29.7 Å². The van der Waals surface area contributed by atoms with Gasteiger partial charge in [0.2, 0.25) is 0 Å². The SMILES string of the molecule is COc1cccc(CC(Br)c2ccccc2)c1. The molecule has 0 aliphatic carbocycles. The number of methoxy groups -OCH3 is 1. The monoisotopic (exact) mass is 290 g/mol. The second-order valence-corrected chi connectivity index (χ2v) is 5.04. The highest BCUT2D eigenvalue weighted by molar-refractivity contribution is 9.09. The maximum atomic E-state index is 5.23. The van der Waals surface area contributed by atoms with Gasteiger partial charge in [-0.3, -0.25) is 0 Å². The van der Waals surface area contributed by atoms with Crippen molar-refractivity contribution < 1.29 is 4.74 Å². The minimum Gasteiger partial charge on any atom is -0.497 e. The lowest BCUT2D eigenvalue weighted by molar-refractivity contribution is 0.414. The quantitative estimate of drug-likeness (QED) is 0.760. The Kier molecular flexibility index (Phi) is 4.21. The van der Waals surface area contributed by atoms with Crippen molar-refractivity contribution in [1.82, 2.24) is 0 Å². The molecule has 2 rings (SSSR count). The first-order valence-electron chi connectivity index (χ1n) is 5.61. The van der Waals surface area contributed by atoms with Crippen LogP contribution in [0.3, 0.4) is 0 Å². The molecule has 1 unspecified atom stereocenters. The van der Waals surface area contributed by atoms with Crippen LogP contribution in [0.15, 0.2) is 54.6 Å². The third kappa shape index (κ3) is 3.34. The van der Waals surface area contributed by atoms with E-state index in [4.69, 9.17) is 4.74 Å². The fourth-order valence-corrected chi connectivity index (χ4v) is 2.47. The maximum absolute atomic E-state index is 5.23. The van der Waals surface area contributed by atoms with Crippen LogP contribution in [-0.4, -0.2) is 7.11 Å². The Hall–Kier alpha value is -1.28. The normalized spacial score (nSPS) is 12.1. The van der Waals surface area contributed by atoms with Gasteiger partial charge in [0.05, 0.1) is 7.11 Å². The third-order valence-electron chi connectivity index (χ3n) is 2.71. The van der Waals surface area contributed by atoms with Gasteiger partial charge in [-0.2, -0.15) is 0 Å². The number of halogens is 1. The number of hydrogen-bond acceptors (Lipinski definition) is 1. The van der Waals surface area contributed by atoms with Crippen molar-refractivity contribution in [3.05, 3.63) is 65.7 Å². The number of benzene rings is 2.